The molecular weight excluding hydrogens is 280 g/mol. The van der Waals surface area contributed by atoms with E-state index in [2.05, 4.69) is 0 Å². The molecule has 120 valence electrons. The van der Waals surface area contributed by atoms with Crippen LogP contribution >= 0.6 is 0 Å². The number of carbonyl (C=O) groups excluding carboxylic acids is 2. The molecule has 0 saturated heterocycles. The Morgan fingerprint density at radius 2 is 1.91 bits per heavy atom. The normalized spacial score (nSPS) is 13.6. The lowest BCUT2D eigenvalue weighted by Crippen LogP contribution is -2.34. The van der Waals surface area contributed by atoms with Gasteiger partial charge in [0.05, 0.1) is 0 Å². The van der Waals surface area contributed by atoms with Crippen LogP contribution in [0.25, 0.3) is 0 Å². The molecule has 1 aromatic rings. The van der Waals surface area contributed by atoms with E-state index in [1.54, 1.807) is 4.90 Å². The lowest BCUT2D eigenvalue weighted by Gasteiger charge is -2.22. The van der Waals surface area contributed by atoms with E-state index in [0.29, 0.717) is 31.9 Å². The topological polar surface area (TPSA) is 72.6 Å². The Kier molecular flexibility index (Phi) is 6.25. The van der Waals surface area contributed by atoms with Gasteiger partial charge in [-0.2, -0.15) is 0 Å². The molecule has 5 heteroatoms. The Morgan fingerprint density at radius 3 is 2.55 bits per heavy atom. The number of nitrogens with zero attached hydrogens (tertiary/aromatic N) is 1. The Hall–Kier alpha value is -2.04. The number of benzene rings is 1. The summed E-state index contributed by atoms with van der Waals surface area (Å²) in [7, 11) is 0. The number of unbranched alkanes of at least 4 members (excludes halogenated alkanes) is 1. The molecule has 0 unspecified atom stereocenters. The Bertz CT molecular complexity index is 486. The fourth-order valence-electron chi connectivity index (χ4n) is 2.28. The summed E-state index contributed by atoms with van der Waals surface area (Å²) < 4.78 is 5.39. The summed E-state index contributed by atoms with van der Waals surface area (Å²) in [4.78, 5) is 24.7. The van der Waals surface area contributed by atoms with Gasteiger partial charge in [-0.15, -0.1) is 0 Å². The molecule has 0 atom stereocenters. The van der Waals surface area contributed by atoms with E-state index in [-0.39, 0.29) is 12.0 Å². The van der Waals surface area contributed by atoms with Crippen LogP contribution in [0.5, 0.6) is 0 Å². The largest absolute Gasteiger partial charge is 0.445 e. The minimum atomic E-state index is -0.291. The summed E-state index contributed by atoms with van der Waals surface area (Å²) >= 11 is 0. The monoisotopic (exact) mass is 304 g/mol. The highest BCUT2D eigenvalue weighted by Gasteiger charge is 2.27. The average Bonchev–Trinajstić information content (AvgIpc) is 3.33. The second kappa shape index (κ2) is 8.41. The molecule has 2 rings (SSSR count). The van der Waals surface area contributed by atoms with Crippen molar-refractivity contribution in [1.29, 1.82) is 0 Å². The van der Waals surface area contributed by atoms with E-state index in [0.717, 1.165) is 18.5 Å². The van der Waals surface area contributed by atoms with Gasteiger partial charge in [0.2, 0.25) is 5.91 Å². The minimum Gasteiger partial charge on any atom is -0.445 e. The van der Waals surface area contributed by atoms with E-state index in [1.807, 2.05) is 30.3 Å². The number of ether oxygens (including phenoxy) is 1. The molecule has 1 aromatic carbocycles. The SMILES string of the molecule is NC(=O)CCCCN(CC1CC1)C(=O)OCc1ccccc1. The van der Waals surface area contributed by atoms with Gasteiger partial charge in [0, 0.05) is 19.5 Å². The second-order valence-corrected chi connectivity index (χ2v) is 5.85. The van der Waals surface area contributed by atoms with Crippen molar-refractivity contribution in [2.24, 2.45) is 11.7 Å². The standard InChI is InChI=1S/C17H24N2O3/c18-16(20)8-4-5-11-19(12-14-9-10-14)17(21)22-13-15-6-2-1-3-7-15/h1-3,6-7,14H,4-5,8-13H2,(H2,18,20). The first-order chi connectivity index (χ1) is 10.6. The lowest BCUT2D eigenvalue weighted by molar-refractivity contribution is -0.118. The summed E-state index contributed by atoms with van der Waals surface area (Å²) in [5.74, 6) is 0.320. The lowest BCUT2D eigenvalue weighted by atomic mass is 10.2. The first-order valence-electron chi connectivity index (χ1n) is 7.89. The first kappa shape index (κ1) is 16.3. The molecule has 0 aromatic heterocycles. The van der Waals surface area contributed by atoms with Gasteiger partial charge in [0.25, 0.3) is 0 Å². The molecule has 0 aliphatic heterocycles. The van der Waals surface area contributed by atoms with Gasteiger partial charge in [-0.05, 0) is 37.2 Å². The van der Waals surface area contributed by atoms with Crippen LogP contribution in [0.1, 0.15) is 37.7 Å². The Morgan fingerprint density at radius 1 is 1.18 bits per heavy atom. The Balaban J connectivity index is 1.76. The van der Waals surface area contributed by atoms with Crippen molar-refractivity contribution >= 4 is 12.0 Å². The number of carbonyl (C=O) groups is 2. The van der Waals surface area contributed by atoms with Crippen LogP contribution in [-0.4, -0.2) is 30.0 Å². The number of amides is 2. The summed E-state index contributed by atoms with van der Waals surface area (Å²) in [5, 5.41) is 0. The number of hydrogen-bond donors (Lipinski definition) is 1. The maximum atomic E-state index is 12.2. The van der Waals surface area contributed by atoms with Crippen molar-refractivity contribution in [2.45, 2.75) is 38.7 Å². The molecular formula is C17H24N2O3. The molecule has 1 aliphatic carbocycles. The number of rotatable bonds is 9. The van der Waals surface area contributed by atoms with E-state index in [1.165, 1.54) is 12.8 Å². The predicted octanol–water partition coefficient (Wildman–Crippen LogP) is 2.69. The van der Waals surface area contributed by atoms with Crippen LogP contribution in [0.4, 0.5) is 4.79 Å². The first-order valence-corrected chi connectivity index (χ1v) is 7.89. The molecule has 2 N–H and O–H groups in total. The maximum absolute atomic E-state index is 12.2. The third-order valence-electron chi connectivity index (χ3n) is 3.74. The summed E-state index contributed by atoms with van der Waals surface area (Å²) in [6.07, 6.45) is 3.96. The van der Waals surface area contributed by atoms with Gasteiger partial charge in [0.15, 0.2) is 0 Å². The van der Waals surface area contributed by atoms with Gasteiger partial charge in [-0.1, -0.05) is 30.3 Å². The van der Waals surface area contributed by atoms with E-state index >= 15 is 0 Å². The molecule has 0 bridgehead atoms. The minimum absolute atomic E-state index is 0.269. The Labute approximate surface area is 131 Å². The van der Waals surface area contributed by atoms with Crippen LogP contribution in [0, 0.1) is 5.92 Å². The van der Waals surface area contributed by atoms with Crippen molar-refractivity contribution in [3.8, 4) is 0 Å². The molecule has 0 spiro atoms. The molecule has 0 heterocycles. The molecule has 5 nitrogen and oxygen atoms in total. The molecule has 1 fully saturated rings. The quantitative estimate of drug-likeness (QED) is 0.713. The summed E-state index contributed by atoms with van der Waals surface area (Å²) in [6.45, 7) is 1.67. The van der Waals surface area contributed by atoms with Crippen molar-refractivity contribution < 1.29 is 14.3 Å². The van der Waals surface area contributed by atoms with Gasteiger partial charge in [-0.3, -0.25) is 4.79 Å². The third-order valence-corrected chi connectivity index (χ3v) is 3.74. The number of primary amides is 1. The van der Waals surface area contributed by atoms with Gasteiger partial charge < -0.3 is 15.4 Å². The van der Waals surface area contributed by atoms with E-state index in [9.17, 15) is 9.59 Å². The second-order valence-electron chi connectivity index (χ2n) is 5.85. The zero-order valence-corrected chi connectivity index (χ0v) is 12.9. The summed E-state index contributed by atoms with van der Waals surface area (Å²) in [6, 6.07) is 9.66. The average molecular weight is 304 g/mol. The van der Waals surface area contributed by atoms with Crippen molar-refractivity contribution in [3.63, 3.8) is 0 Å². The molecule has 0 radical (unpaired) electrons. The van der Waals surface area contributed by atoms with Crippen molar-refractivity contribution in [2.75, 3.05) is 13.1 Å². The van der Waals surface area contributed by atoms with Crippen molar-refractivity contribution in [3.05, 3.63) is 35.9 Å². The molecule has 22 heavy (non-hydrogen) atoms. The fourth-order valence-corrected chi connectivity index (χ4v) is 2.28. The maximum Gasteiger partial charge on any atom is 0.410 e. The van der Waals surface area contributed by atoms with Crippen molar-refractivity contribution in [1.82, 2.24) is 4.90 Å². The van der Waals surface area contributed by atoms with Crippen LogP contribution in [-0.2, 0) is 16.1 Å². The predicted molar refractivity (Wildman–Crippen MR) is 84.0 cm³/mol. The van der Waals surface area contributed by atoms with Crippen LogP contribution in [0.15, 0.2) is 30.3 Å². The zero-order chi connectivity index (χ0) is 15.8. The molecule has 2 amide bonds. The smallest absolute Gasteiger partial charge is 0.410 e. The zero-order valence-electron chi connectivity index (χ0n) is 12.9. The molecule has 1 aliphatic rings. The van der Waals surface area contributed by atoms with E-state index in [4.69, 9.17) is 10.5 Å². The highest BCUT2D eigenvalue weighted by Crippen LogP contribution is 2.30. The molecule has 1 saturated carbocycles. The van der Waals surface area contributed by atoms with Gasteiger partial charge >= 0.3 is 6.09 Å². The number of nitrogens with two attached hydrogens (primary N) is 1. The fraction of sp³-hybridized carbons (Fsp3) is 0.529. The summed E-state index contributed by atoms with van der Waals surface area (Å²) in [5.41, 5.74) is 6.11. The van der Waals surface area contributed by atoms with Crippen LogP contribution in [0.3, 0.4) is 0 Å². The number of hydrogen-bond acceptors (Lipinski definition) is 3. The van der Waals surface area contributed by atoms with Crippen LogP contribution < -0.4 is 5.73 Å². The van der Waals surface area contributed by atoms with Gasteiger partial charge in [0.1, 0.15) is 6.61 Å². The highest BCUT2D eigenvalue weighted by molar-refractivity contribution is 5.73. The third kappa shape index (κ3) is 6.16. The highest BCUT2D eigenvalue weighted by atomic mass is 16.6. The van der Waals surface area contributed by atoms with Gasteiger partial charge in [-0.25, -0.2) is 4.79 Å². The van der Waals surface area contributed by atoms with E-state index < -0.39 is 0 Å². The van der Waals surface area contributed by atoms with Crippen LogP contribution in [0.2, 0.25) is 0 Å².